The Balaban J connectivity index is 1.51. The van der Waals surface area contributed by atoms with E-state index >= 15 is 0 Å². The largest absolute Gasteiger partial charge is 0.453 e. The van der Waals surface area contributed by atoms with E-state index in [9.17, 15) is 9.18 Å². The molecule has 0 atom stereocenters. The predicted octanol–water partition coefficient (Wildman–Crippen LogP) is 3.83. The van der Waals surface area contributed by atoms with Crippen LogP contribution >= 0.6 is 11.8 Å². The van der Waals surface area contributed by atoms with Crippen LogP contribution in [0, 0.1) is 19.7 Å². The highest BCUT2D eigenvalue weighted by molar-refractivity contribution is 7.99. The Labute approximate surface area is 166 Å². The summed E-state index contributed by atoms with van der Waals surface area (Å²) < 4.78 is 19.7. The summed E-state index contributed by atoms with van der Waals surface area (Å²) in [6, 6.07) is 9.85. The molecule has 0 spiro atoms. The monoisotopic (exact) mass is 398 g/mol. The van der Waals surface area contributed by atoms with E-state index in [2.05, 4.69) is 20.3 Å². The number of ether oxygens (including phenoxy) is 1. The van der Waals surface area contributed by atoms with E-state index in [0.29, 0.717) is 16.5 Å². The third-order valence-corrected chi connectivity index (χ3v) is 4.49. The minimum absolute atomic E-state index is 0.102. The van der Waals surface area contributed by atoms with Crippen LogP contribution in [0.15, 0.2) is 53.9 Å². The van der Waals surface area contributed by atoms with Crippen LogP contribution in [0.5, 0.6) is 11.5 Å². The zero-order chi connectivity index (χ0) is 19.9. The molecule has 144 valence electrons. The van der Waals surface area contributed by atoms with Gasteiger partial charge in [0.15, 0.2) is 16.7 Å². The second-order valence-electron chi connectivity index (χ2n) is 6.05. The van der Waals surface area contributed by atoms with Gasteiger partial charge in [0, 0.05) is 24.1 Å². The molecule has 0 bridgehead atoms. The third kappa shape index (κ3) is 5.75. The van der Waals surface area contributed by atoms with E-state index in [1.54, 1.807) is 24.4 Å². The minimum atomic E-state index is -0.506. The number of nitrogens with one attached hydrogen (secondary N) is 1. The summed E-state index contributed by atoms with van der Waals surface area (Å²) in [6.45, 7) is 3.99. The number of halogens is 1. The van der Waals surface area contributed by atoms with Crippen molar-refractivity contribution >= 4 is 17.7 Å². The average molecular weight is 398 g/mol. The summed E-state index contributed by atoms with van der Waals surface area (Å²) in [4.78, 5) is 24.5. The lowest BCUT2D eigenvalue weighted by Crippen LogP contribution is -2.24. The number of carbonyl (C=O) groups is 1. The van der Waals surface area contributed by atoms with Gasteiger partial charge in [-0.3, -0.25) is 9.78 Å². The number of benzene rings is 1. The number of rotatable bonds is 7. The van der Waals surface area contributed by atoms with Crippen LogP contribution in [0.1, 0.15) is 17.0 Å². The summed E-state index contributed by atoms with van der Waals surface area (Å²) in [7, 11) is 0. The van der Waals surface area contributed by atoms with Gasteiger partial charge in [-0.1, -0.05) is 17.8 Å². The molecule has 0 radical (unpaired) electrons. The molecule has 0 saturated heterocycles. The second-order valence-corrected chi connectivity index (χ2v) is 7.00. The van der Waals surface area contributed by atoms with Crippen molar-refractivity contribution in [3.8, 4) is 11.5 Å². The molecule has 2 heterocycles. The smallest absolute Gasteiger partial charge is 0.230 e. The lowest BCUT2D eigenvalue weighted by atomic mass is 10.2. The number of aromatic nitrogens is 3. The van der Waals surface area contributed by atoms with Crippen LogP contribution in [0.4, 0.5) is 4.39 Å². The molecule has 6 nitrogen and oxygen atoms in total. The van der Waals surface area contributed by atoms with Gasteiger partial charge in [0.25, 0.3) is 0 Å². The number of thioether (sulfide) groups is 1. The Morgan fingerprint density at radius 1 is 1.18 bits per heavy atom. The molecule has 2 aromatic heterocycles. The molecular weight excluding hydrogens is 379 g/mol. The van der Waals surface area contributed by atoms with E-state index in [-0.39, 0.29) is 24.0 Å². The van der Waals surface area contributed by atoms with Gasteiger partial charge in [0.2, 0.25) is 5.91 Å². The lowest BCUT2D eigenvalue weighted by Gasteiger charge is -2.09. The first kappa shape index (κ1) is 19.8. The molecule has 1 amide bonds. The molecule has 0 aliphatic heterocycles. The fourth-order valence-electron chi connectivity index (χ4n) is 2.41. The van der Waals surface area contributed by atoms with Crippen molar-refractivity contribution in [3.05, 3.63) is 71.6 Å². The summed E-state index contributed by atoms with van der Waals surface area (Å²) in [5, 5.41) is 3.33. The number of nitrogens with zero attached hydrogens (tertiary/aromatic N) is 3. The third-order valence-electron chi connectivity index (χ3n) is 3.64. The maximum atomic E-state index is 14.2. The number of aryl methyl sites for hydroxylation is 2. The minimum Gasteiger partial charge on any atom is -0.453 e. The zero-order valence-electron chi connectivity index (χ0n) is 15.5. The topological polar surface area (TPSA) is 77.0 Å². The van der Waals surface area contributed by atoms with E-state index in [4.69, 9.17) is 4.74 Å². The number of amides is 1. The van der Waals surface area contributed by atoms with Crippen molar-refractivity contribution in [3.63, 3.8) is 0 Å². The summed E-state index contributed by atoms with van der Waals surface area (Å²) in [6.07, 6.45) is 3.12. The van der Waals surface area contributed by atoms with Gasteiger partial charge in [-0.2, -0.15) is 0 Å². The molecule has 0 aliphatic rings. The summed E-state index contributed by atoms with van der Waals surface area (Å²) >= 11 is 1.26. The van der Waals surface area contributed by atoms with Gasteiger partial charge >= 0.3 is 0 Å². The van der Waals surface area contributed by atoms with Crippen molar-refractivity contribution in [2.75, 3.05) is 5.75 Å². The highest BCUT2D eigenvalue weighted by atomic mass is 32.2. The number of pyridine rings is 1. The van der Waals surface area contributed by atoms with Crippen molar-refractivity contribution in [1.82, 2.24) is 20.3 Å². The molecular formula is C20H19FN4O2S. The van der Waals surface area contributed by atoms with E-state index in [1.165, 1.54) is 30.1 Å². The molecule has 0 unspecified atom stereocenters. The van der Waals surface area contributed by atoms with Crippen molar-refractivity contribution in [1.29, 1.82) is 0 Å². The summed E-state index contributed by atoms with van der Waals surface area (Å²) in [5.74, 6) is 0.0595. The van der Waals surface area contributed by atoms with E-state index < -0.39 is 5.82 Å². The molecule has 28 heavy (non-hydrogen) atoms. The van der Waals surface area contributed by atoms with Gasteiger partial charge in [-0.05, 0) is 49.7 Å². The Morgan fingerprint density at radius 2 is 1.96 bits per heavy atom. The number of hydrogen-bond acceptors (Lipinski definition) is 6. The Kier molecular flexibility index (Phi) is 6.54. The standard InChI is InChI=1S/C20H19FN4O2S/c1-13-8-14(2)25-20(24-13)28-12-19(26)23-10-15-5-6-18(17(21)9-15)27-16-4-3-7-22-11-16/h3-9,11H,10,12H2,1-2H3,(H,23,26). The Hall–Kier alpha value is -3.00. The Bertz CT molecular complexity index is 949. The highest BCUT2D eigenvalue weighted by Crippen LogP contribution is 2.24. The normalized spacial score (nSPS) is 10.5. The zero-order valence-corrected chi connectivity index (χ0v) is 16.3. The first-order chi connectivity index (χ1) is 13.5. The number of hydrogen-bond donors (Lipinski definition) is 1. The van der Waals surface area contributed by atoms with E-state index in [1.807, 2.05) is 19.9 Å². The quantitative estimate of drug-likeness (QED) is 0.481. The fraction of sp³-hybridized carbons (Fsp3) is 0.200. The number of carbonyl (C=O) groups excluding carboxylic acids is 1. The SMILES string of the molecule is Cc1cc(C)nc(SCC(=O)NCc2ccc(Oc3cccnc3)c(F)c2)n1. The maximum absolute atomic E-state index is 14.2. The van der Waals surface area contributed by atoms with Crippen molar-refractivity contribution in [2.24, 2.45) is 0 Å². The average Bonchev–Trinajstić information content (AvgIpc) is 2.67. The van der Waals surface area contributed by atoms with E-state index in [0.717, 1.165) is 11.4 Å². The van der Waals surface area contributed by atoms with Gasteiger partial charge < -0.3 is 10.1 Å². The molecule has 8 heteroatoms. The molecule has 0 saturated carbocycles. The van der Waals surface area contributed by atoms with Crippen LogP contribution in [0.25, 0.3) is 0 Å². The fourth-order valence-corrected chi connectivity index (χ4v) is 3.19. The molecule has 1 aromatic carbocycles. The predicted molar refractivity (Wildman–Crippen MR) is 105 cm³/mol. The van der Waals surface area contributed by atoms with Crippen molar-refractivity contribution in [2.45, 2.75) is 25.5 Å². The molecule has 1 N–H and O–H groups in total. The van der Waals surface area contributed by atoms with Gasteiger partial charge in [0.1, 0.15) is 5.75 Å². The molecule has 0 fully saturated rings. The molecule has 3 aromatic rings. The van der Waals surface area contributed by atoms with Crippen LogP contribution in [0.2, 0.25) is 0 Å². The first-order valence-electron chi connectivity index (χ1n) is 8.58. The molecule has 3 rings (SSSR count). The van der Waals surface area contributed by atoms with Crippen LogP contribution in [-0.4, -0.2) is 26.6 Å². The second kappa shape index (κ2) is 9.27. The van der Waals surface area contributed by atoms with Crippen molar-refractivity contribution < 1.29 is 13.9 Å². The van der Waals surface area contributed by atoms with Crippen LogP contribution < -0.4 is 10.1 Å². The van der Waals surface area contributed by atoms with Gasteiger partial charge in [-0.15, -0.1) is 0 Å². The van der Waals surface area contributed by atoms with Gasteiger partial charge in [0.05, 0.1) is 11.9 Å². The first-order valence-corrected chi connectivity index (χ1v) is 9.56. The van der Waals surface area contributed by atoms with Crippen LogP contribution in [-0.2, 0) is 11.3 Å². The van der Waals surface area contributed by atoms with Gasteiger partial charge in [-0.25, -0.2) is 14.4 Å². The van der Waals surface area contributed by atoms with Crippen LogP contribution in [0.3, 0.4) is 0 Å². The lowest BCUT2D eigenvalue weighted by molar-refractivity contribution is -0.118. The summed E-state index contributed by atoms with van der Waals surface area (Å²) in [5.41, 5.74) is 2.36. The highest BCUT2D eigenvalue weighted by Gasteiger charge is 2.09. The molecule has 0 aliphatic carbocycles. The Morgan fingerprint density at radius 3 is 2.64 bits per heavy atom. The maximum Gasteiger partial charge on any atom is 0.230 e.